The van der Waals surface area contributed by atoms with Gasteiger partial charge in [0.25, 0.3) is 8.32 Å². The molecule has 44 heavy (non-hydrogen) atoms. The number of imidazole rings is 1. The number of rotatable bonds is 9. The normalized spacial score (nSPS) is 19.0. The third kappa shape index (κ3) is 5.66. The lowest BCUT2D eigenvalue weighted by molar-refractivity contribution is -0.0398. The van der Waals surface area contributed by atoms with E-state index in [1.165, 1.54) is 28.8 Å². The average molecular weight is 612 g/mol. The Labute approximate surface area is 258 Å². The molecule has 0 saturated carbocycles. The van der Waals surface area contributed by atoms with Crippen LogP contribution in [0.25, 0.3) is 11.2 Å². The van der Waals surface area contributed by atoms with Crippen LogP contribution in [0.15, 0.2) is 97.6 Å². The van der Waals surface area contributed by atoms with Gasteiger partial charge in [-0.15, -0.1) is 0 Å². The van der Waals surface area contributed by atoms with E-state index < -0.39 is 26.8 Å². The highest BCUT2D eigenvalue weighted by Crippen LogP contribution is 2.38. The lowest BCUT2D eigenvalue weighted by Crippen LogP contribution is -2.67. The minimum absolute atomic E-state index is 0.190. The van der Waals surface area contributed by atoms with Gasteiger partial charge in [0, 0.05) is 20.0 Å². The van der Waals surface area contributed by atoms with Crippen molar-refractivity contribution in [3.05, 3.63) is 109 Å². The fraction of sp³-hybridized carbons (Fsp3) is 0.324. The maximum absolute atomic E-state index is 13.8. The molecule has 5 aromatic rings. The van der Waals surface area contributed by atoms with E-state index in [0.717, 1.165) is 5.56 Å². The van der Waals surface area contributed by atoms with E-state index in [0.29, 0.717) is 29.9 Å². The SMILES string of the molecule is CN(Cc1cccc(F)c1)c1ncnc2c1ncn2[C@H]1C[C@H](O)[C@@H](CO[Si](c2ccccc2)(c2ccccc2)C(C)(C)C)O1. The number of aliphatic hydroxyl groups excluding tert-OH is 1. The summed E-state index contributed by atoms with van der Waals surface area (Å²) in [6.07, 6.45) is 1.82. The molecular formula is C34H38FN5O3Si. The second kappa shape index (κ2) is 12.2. The van der Waals surface area contributed by atoms with E-state index in [1.807, 2.05) is 34.7 Å². The average Bonchev–Trinajstić information content (AvgIpc) is 3.61. The van der Waals surface area contributed by atoms with Gasteiger partial charge >= 0.3 is 0 Å². The smallest absolute Gasteiger partial charge is 0.261 e. The third-order valence-electron chi connectivity index (χ3n) is 8.41. The van der Waals surface area contributed by atoms with E-state index in [4.69, 9.17) is 9.16 Å². The van der Waals surface area contributed by atoms with Gasteiger partial charge in [-0.05, 0) is 33.1 Å². The summed E-state index contributed by atoms with van der Waals surface area (Å²) in [7, 11) is -0.906. The Hall–Kier alpha value is -3.96. The molecule has 1 fully saturated rings. The van der Waals surface area contributed by atoms with Gasteiger partial charge in [0.1, 0.15) is 24.5 Å². The largest absolute Gasteiger partial charge is 0.405 e. The van der Waals surface area contributed by atoms with Crippen LogP contribution in [-0.2, 0) is 15.7 Å². The first kappa shape index (κ1) is 30.1. The van der Waals surface area contributed by atoms with Crippen LogP contribution in [-0.4, -0.2) is 58.8 Å². The Kier molecular flexibility index (Phi) is 8.34. The fourth-order valence-electron chi connectivity index (χ4n) is 6.32. The van der Waals surface area contributed by atoms with Gasteiger partial charge in [-0.1, -0.05) is 93.6 Å². The zero-order chi connectivity index (χ0) is 30.9. The van der Waals surface area contributed by atoms with Crippen LogP contribution in [0.3, 0.4) is 0 Å². The zero-order valence-electron chi connectivity index (χ0n) is 25.5. The number of fused-ring (bicyclic) bond motifs is 1. The Morgan fingerprint density at radius 3 is 2.30 bits per heavy atom. The van der Waals surface area contributed by atoms with Gasteiger partial charge < -0.3 is 19.2 Å². The zero-order valence-corrected chi connectivity index (χ0v) is 26.5. The van der Waals surface area contributed by atoms with E-state index in [-0.39, 0.29) is 17.5 Å². The maximum atomic E-state index is 13.8. The molecular weight excluding hydrogens is 573 g/mol. The van der Waals surface area contributed by atoms with E-state index in [9.17, 15) is 9.50 Å². The van der Waals surface area contributed by atoms with Crippen molar-refractivity contribution in [3.8, 4) is 0 Å². The molecule has 1 N–H and O–H groups in total. The predicted octanol–water partition coefficient (Wildman–Crippen LogP) is 4.83. The van der Waals surface area contributed by atoms with Crippen molar-refractivity contribution in [1.29, 1.82) is 0 Å². The van der Waals surface area contributed by atoms with E-state index in [2.05, 4.69) is 84.3 Å². The quantitative estimate of drug-likeness (QED) is 0.239. The second-order valence-electron chi connectivity index (χ2n) is 12.4. The van der Waals surface area contributed by atoms with Crippen LogP contribution in [0.2, 0.25) is 5.04 Å². The van der Waals surface area contributed by atoms with Gasteiger partial charge in [-0.3, -0.25) is 4.57 Å². The lowest BCUT2D eigenvalue weighted by Gasteiger charge is -2.43. The molecule has 0 amide bonds. The van der Waals surface area contributed by atoms with Crippen LogP contribution in [0, 0.1) is 5.82 Å². The van der Waals surface area contributed by atoms with Gasteiger partial charge in [-0.25, -0.2) is 19.3 Å². The highest BCUT2D eigenvalue weighted by molar-refractivity contribution is 6.99. The molecule has 0 aliphatic carbocycles. The van der Waals surface area contributed by atoms with Crippen molar-refractivity contribution < 1.29 is 18.7 Å². The molecule has 1 saturated heterocycles. The summed E-state index contributed by atoms with van der Waals surface area (Å²) in [4.78, 5) is 15.5. The third-order valence-corrected chi connectivity index (χ3v) is 13.4. The number of aromatic nitrogens is 4. The molecule has 10 heteroatoms. The highest BCUT2D eigenvalue weighted by atomic mass is 28.4. The maximum Gasteiger partial charge on any atom is 0.261 e. The first-order valence-electron chi connectivity index (χ1n) is 14.9. The molecule has 1 aliphatic heterocycles. The number of nitrogens with zero attached hydrogens (tertiary/aromatic N) is 5. The number of hydrogen-bond donors (Lipinski definition) is 1. The molecule has 3 atom stereocenters. The molecule has 3 aromatic carbocycles. The number of aliphatic hydroxyl groups is 1. The summed E-state index contributed by atoms with van der Waals surface area (Å²) in [5.41, 5.74) is 2.04. The molecule has 3 heterocycles. The molecule has 0 radical (unpaired) electrons. The molecule has 0 spiro atoms. The fourth-order valence-corrected chi connectivity index (χ4v) is 10.9. The van der Waals surface area contributed by atoms with Gasteiger partial charge in [-0.2, -0.15) is 0 Å². The monoisotopic (exact) mass is 611 g/mol. The van der Waals surface area contributed by atoms with Gasteiger partial charge in [0.15, 0.2) is 17.0 Å². The number of halogens is 1. The molecule has 0 unspecified atom stereocenters. The standard InChI is InChI=1S/C34H38FN5O3Si/c1-34(2,3)44(26-14-7-5-8-15-26,27-16-9-6-10-17-27)42-21-29-28(41)19-30(43-29)40-23-38-31-32(36-22-37-33(31)40)39(4)20-24-12-11-13-25(35)18-24/h5-18,22-23,28-30,41H,19-21H2,1-4H3/t28-,29+,30+/m0/s1. The first-order chi connectivity index (χ1) is 21.2. The summed E-state index contributed by atoms with van der Waals surface area (Å²) < 4.78 is 29.1. The van der Waals surface area contributed by atoms with Crippen LogP contribution in [0.4, 0.5) is 10.2 Å². The number of anilines is 1. The number of benzene rings is 3. The summed E-state index contributed by atoms with van der Waals surface area (Å²) in [6, 6.07) is 27.4. The number of hydrogen-bond acceptors (Lipinski definition) is 7. The topological polar surface area (TPSA) is 85.5 Å². The van der Waals surface area contributed by atoms with Crippen molar-refractivity contribution in [2.75, 3.05) is 18.6 Å². The molecule has 6 rings (SSSR count). The van der Waals surface area contributed by atoms with Crippen molar-refractivity contribution in [2.24, 2.45) is 0 Å². The minimum atomic E-state index is -2.79. The van der Waals surface area contributed by atoms with Crippen molar-refractivity contribution in [1.82, 2.24) is 19.5 Å². The Morgan fingerprint density at radius 1 is 0.977 bits per heavy atom. The molecule has 228 valence electrons. The molecule has 2 aromatic heterocycles. The molecule has 0 bridgehead atoms. The Morgan fingerprint density at radius 2 is 1.66 bits per heavy atom. The van der Waals surface area contributed by atoms with Crippen LogP contribution in [0.1, 0.15) is 39.0 Å². The summed E-state index contributed by atoms with van der Waals surface area (Å²) in [5.74, 6) is 0.349. The van der Waals surface area contributed by atoms with Crippen LogP contribution < -0.4 is 15.3 Å². The summed E-state index contributed by atoms with van der Waals surface area (Å²) in [5, 5.41) is 13.4. The predicted molar refractivity (Wildman–Crippen MR) is 172 cm³/mol. The van der Waals surface area contributed by atoms with Crippen molar-refractivity contribution in [2.45, 2.75) is 57.2 Å². The Bertz CT molecular complexity index is 1670. The van der Waals surface area contributed by atoms with Crippen LogP contribution in [0.5, 0.6) is 0 Å². The Balaban J connectivity index is 1.24. The first-order valence-corrected chi connectivity index (χ1v) is 16.8. The number of ether oxygens (including phenoxy) is 1. The van der Waals surface area contributed by atoms with E-state index >= 15 is 0 Å². The highest BCUT2D eigenvalue weighted by Gasteiger charge is 2.51. The van der Waals surface area contributed by atoms with E-state index in [1.54, 1.807) is 12.4 Å². The van der Waals surface area contributed by atoms with Gasteiger partial charge in [0.2, 0.25) is 0 Å². The molecule has 1 aliphatic rings. The van der Waals surface area contributed by atoms with Crippen LogP contribution >= 0.6 is 0 Å². The summed E-state index contributed by atoms with van der Waals surface area (Å²) in [6.45, 7) is 7.39. The lowest BCUT2D eigenvalue weighted by atomic mass is 10.2. The second-order valence-corrected chi connectivity index (χ2v) is 16.7. The summed E-state index contributed by atoms with van der Waals surface area (Å²) >= 11 is 0. The van der Waals surface area contributed by atoms with Crippen molar-refractivity contribution in [3.63, 3.8) is 0 Å². The minimum Gasteiger partial charge on any atom is -0.405 e. The molecule has 8 nitrogen and oxygen atoms in total. The van der Waals surface area contributed by atoms with Crippen molar-refractivity contribution >= 4 is 35.7 Å². The van der Waals surface area contributed by atoms with Gasteiger partial charge in [0.05, 0.1) is 19.0 Å².